The fourth-order valence-electron chi connectivity index (χ4n) is 7.61. The van der Waals surface area contributed by atoms with Crippen LogP contribution in [-0.4, -0.2) is 98.1 Å². The van der Waals surface area contributed by atoms with Gasteiger partial charge in [-0.2, -0.15) is 0 Å². The molecule has 0 aliphatic rings. The summed E-state index contributed by atoms with van der Waals surface area (Å²) >= 11 is 0. The molecule has 64 heavy (non-hydrogen) atoms. The van der Waals surface area contributed by atoms with Crippen LogP contribution in [-0.2, 0) is 54.5 Å². The topological polar surface area (TPSA) is 275 Å². The number of nitrogens with zero attached hydrogens (tertiary/aromatic N) is 1. The minimum Gasteiger partial charge on any atom is -0.361 e. The Balaban J connectivity index is 1.22. The van der Waals surface area contributed by atoms with Gasteiger partial charge in [0.1, 0.15) is 24.2 Å². The van der Waals surface area contributed by atoms with Crippen molar-refractivity contribution >= 4 is 57.1 Å². The smallest absolute Gasteiger partial charge is 0.243 e. The zero-order valence-corrected chi connectivity index (χ0v) is 36.0. The molecule has 12 N–H and O–H groups in total. The first-order chi connectivity index (χ1) is 30.9. The highest BCUT2D eigenvalue weighted by molar-refractivity contribution is 5.97. The predicted octanol–water partition coefficient (Wildman–Crippen LogP) is 2.13. The van der Waals surface area contributed by atoms with E-state index in [4.69, 9.17) is 11.5 Å². The number of hydrogen-bond donors (Lipinski definition) is 10. The zero-order valence-electron chi connectivity index (χ0n) is 36.0. The molecule has 6 rings (SSSR count). The molecule has 0 saturated carbocycles. The summed E-state index contributed by atoms with van der Waals surface area (Å²) in [5.74, 6) is -3.37. The standard InChI is InChI=1S/C47H57N11O6/c1-28(54-45(62)41(21-31-24-51-38-17-8-6-14-34(31)38)57-44(61)36(49)23-33-26-50-27-53-33)43(60)56-42(22-32-25-52-39-18-9-7-15-35(32)39)47(64)58-40(20-30-12-4-3-5-13-30)46(63)55-37(29(2)59)16-10-11-19-48/h3-9,12-15,17-18,24-28,36-37,40-42,51-52H,10-11,16,19-23,48-49H2,1-2H3,(H,50,53)(H,54,62)(H,55,63)(H,56,60)(H,57,61)(H,58,64)/t28-,36-,37-,40+,41+,42-/m0/s1. The molecule has 0 saturated heterocycles. The van der Waals surface area contributed by atoms with Gasteiger partial charge < -0.3 is 53.0 Å². The Morgan fingerprint density at radius 3 is 1.67 bits per heavy atom. The number of amides is 5. The van der Waals surface area contributed by atoms with Crippen LogP contribution in [0.25, 0.3) is 21.8 Å². The van der Waals surface area contributed by atoms with Crippen LogP contribution in [0.15, 0.2) is 104 Å². The molecule has 0 aliphatic carbocycles. The SMILES string of the molecule is CC(=O)[C@H](CCCCN)NC(=O)[C@@H](Cc1ccccc1)NC(=O)[C@H](Cc1c[nH]c2ccccc12)NC(=O)[C@H](C)NC(=O)[C@@H](Cc1c[nH]c2ccccc12)NC(=O)[C@@H](N)Cc1cnc[nH]1. The van der Waals surface area contributed by atoms with Crippen molar-refractivity contribution in [1.29, 1.82) is 0 Å². The van der Waals surface area contributed by atoms with Gasteiger partial charge in [0.15, 0.2) is 5.78 Å². The van der Waals surface area contributed by atoms with Crippen molar-refractivity contribution in [3.63, 3.8) is 0 Å². The van der Waals surface area contributed by atoms with Crippen LogP contribution in [0, 0.1) is 0 Å². The summed E-state index contributed by atoms with van der Waals surface area (Å²) < 4.78 is 0. The first kappa shape index (κ1) is 46.4. The van der Waals surface area contributed by atoms with E-state index in [1.165, 1.54) is 20.2 Å². The van der Waals surface area contributed by atoms with Crippen LogP contribution in [0.4, 0.5) is 0 Å². The van der Waals surface area contributed by atoms with Crippen molar-refractivity contribution in [2.45, 2.75) is 95.0 Å². The number of carbonyl (C=O) groups is 6. The van der Waals surface area contributed by atoms with Gasteiger partial charge in [-0.3, -0.25) is 28.8 Å². The number of H-pyrrole nitrogens is 3. The van der Waals surface area contributed by atoms with E-state index in [9.17, 15) is 28.8 Å². The molecular formula is C47H57N11O6. The van der Waals surface area contributed by atoms with Gasteiger partial charge >= 0.3 is 0 Å². The van der Waals surface area contributed by atoms with Gasteiger partial charge in [0, 0.05) is 71.8 Å². The Labute approximate surface area is 370 Å². The highest BCUT2D eigenvalue weighted by Gasteiger charge is 2.32. The van der Waals surface area contributed by atoms with Crippen LogP contribution >= 0.6 is 0 Å². The number of aromatic nitrogens is 4. The monoisotopic (exact) mass is 871 g/mol. The number of aromatic amines is 3. The maximum atomic E-state index is 14.5. The van der Waals surface area contributed by atoms with Crippen molar-refractivity contribution < 1.29 is 28.8 Å². The van der Waals surface area contributed by atoms with E-state index >= 15 is 0 Å². The second kappa shape index (κ2) is 22.3. The molecule has 6 aromatic rings. The average molecular weight is 872 g/mol. The lowest BCUT2D eigenvalue weighted by atomic mass is 10.0. The summed E-state index contributed by atoms with van der Waals surface area (Å²) in [5.41, 5.74) is 16.5. The second-order valence-electron chi connectivity index (χ2n) is 16.1. The van der Waals surface area contributed by atoms with E-state index in [-0.39, 0.29) is 31.5 Å². The molecule has 3 heterocycles. The fourth-order valence-corrected chi connectivity index (χ4v) is 7.61. The van der Waals surface area contributed by atoms with Gasteiger partial charge in [-0.1, -0.05) is 66.7 Å². The van der Waals surface area contributed by atoms with Gasteiger partial charge in [0.05, 0.1) is 18.4 Å². The molecule has 336 valence electrons. The first-order valence-corrected chi connectivity index (χ1v) is 21.5. The highest BCUT2D eigenvalue weighted by atomic mass is 16.2. The van der Waals surface area contributed by atoms with E-state index in [0.717, 1.165) is 38.5 Å². The normalized spacial score (nSPS) is 14.1. The Morgan fingerprint density at radius 1 is 0.594 bits per heavy atom. The summed E-state index contributed by atoms with van der Waals surface area (Å²) in [7, 11) is 0. The predicted molar refractivity (Wildman–Crippen MR) is 243 cm³/mol. The molecular weight excluding hydrogens is 815 g/mol. The van der Waals surface area contributed by atoms with Gasteiger partial charge in [-0.15, -0.1) is 0 Å². The van der Waals surface area contributed by atoms with Crippen molar-refractivity contribution in [2.24, 2.45) is 11.5 Å². The summed E-state index contributed by atoms with van der Waals surface area (Å²) in [5, 5.41) is 15.7. The van der Waals surface area contributed by atoms with Crippen LogP contribution < -0.4 is 38.1 Å². The number of rotatable bonds is 23. The van der Waals surface area contributed by atoms with E-state index < -0.39 is 65.8 Å². The van der Waals surface area contributed by atoms with Gasteiger partial charge in [0.2, 0.25) is 29.5 Å². The van der Waals surface area contributed by atoms with Crippen molar-refractivity contribution in [3.05, 3.63) is 126 Å². The van der Waals surface area contributed by atoms with Gasteiger partial charge in [-0.25, -0.2) is 4.98 Å². The summed E-state index contributed by atoms with van der Waals surface area (Å²) in [4.78, 5) is 95.9. The molecule has 5 amide bonds. The van der Waals surface area contributed by atoms with Crippen LogP contribution in [0.3, 0.4) is 0 Å². The Bertz CT molecular complexity index is 2520. The molecule has 17 heteroatoms. The number of benzene rings is 3. The lowest BCUT2D eigenvalue weighted by molar-refractivity contribution is -0.134. The first-order valence-electron chi connectivity index (χ1n) is 21.5. The number of carbonyl (C=O) groups excluding carboxylic acids is 6. The van der Waals surface area contributed by atoms with E-state index in [0.29, 0.717) is 31.5 Å². The maximum Gasteiger partial charge on any atom is 0.243 e. The molecule has 0 radical (unpaired) electrons. The van der Waals surface area contributed by atoms with Crippen LogP contribution in [0.5, 0.6) is 0 Å². The number of imidazole rings is 1. The zero-order chi connectivity index (χ0) is 45.6. The van der Waals surface area contributed by atoms with Crippen molar-refractivity contribution in [3.8, 4) is 0 Å². The average Bonchev–Trinajstić information content (AvgIpc) is 4.06. The number of nitrogens with two attached hydrogens (primary N) is 2. The molecule has 6 atom stereocenters. The molecule has 0 bridgehead atoms. The number of Topliss-reactive ketones (excluding diaryl/α,β-unsaturated/α-hetero) is 1. The molecule has 0 aliphatic heterocycles. The minimum absolute atomic E-state index is 0.0184. The summed E-state index contributed by atoms with van der Waals surface area (Å²) in [6.45, 7) is 3.32. The molecule has 0 unspecified atom stereocenters. The number of nitrogens with one attached hydrogen (secondary N) is 8. The number of fused-ring (bicyclic) bond motifs is 2. The lowest BCUT2D eigenvalue weighted by Gasteiger charge is -2.26. The number of ketones is 1. The Hall–Kier alpha value is -7.11. The van der Waals surface area contributed by atoms with Gasteiger partial charge in [-0.05, 0) is 68.5 Å². The Morgan fingerprint density at radius 2 is 1.11 bits per heavy atom. The van der Waals surface area contributed by atoms with E-state index in [1.807, 2.05) is 78.9 Å². The lowest BCUT2D eigenvalue weighted by Crippen LogP contribution is -2.59. The van der Waals surface area contributed by atoms with Crippen LogP contribution in [0.1, 0.15) is 55.5 Å². The minimum atomic E-state index is -1.23. The van der Waals surface area contributed by atoms with Crippen LogP contribution in [0.2, 0.25) is 0 Å². The molecule has 3 aromatic carbocycles. The number of unbranched alkanes of at least 4 members (excludes halogenated alkanes) is 1. The second-order valence-corrected chi connectivity index (χ2v) is 16.1. The van der Waals surface area contributed by atoms with Crippen molar-refractivity contribution in [1.82, 2.24) is 46.5 Å². The highest BCUT2D eigenvalue weighted by Crippen LogP contribution is 2.21. The number of para-hydroxylation sites is 2. The molecule has 17 nitrogen and oxygen atoms in total. The maximum absolute atomic E-state index is 14.5. The summed E-state index contributed by atoms with van der Waals surface area (Å²) in [6, 6.07) is 17.7. The van der Waals surface area contributed by atoms with Gasteiger partial charge in [0.25, 0.3) is 0 Å². The van der Waals surface area contributed by atoms with E-state index in [2.05, 4.69) is 46.5 Å². The fraction of sp³-hybridized carbons (Fsp3) is 0.340. The third kappa shape index (κ3) is 12.5. The largest absolute Gasteiger partial charge is 0.361 e. The quantitative estimate of drug-likeness (QED) is 0.0422. The van der Waals surface area contributed by atoms with Crippen molar-refractivity contribution in [2.75, 3.05) is 6.54 Å². The molecule has 3 aromatic heterocycles. The third-order valence-corrected chi connectivity index (χ3v) is 11.2. The van der Waals surface area contributed by atoms with E-state index in [1.54, 1.807) is 18.6 Å². The molecule has 0 spiro atoms. The summed E-state index contributed by atoms with van der Waals surface area (Å²) in [6.07, 6.45) is 8.58. The number of hydrogen-bond acceptors (Lipinski definition) is 9. The third-order valence-electron chi connectivity index (χ3n) is 11.2. The molecule has 0 fully saturated rings. The Kier molecular flexibility index (Phi) is 16.2.